The number of rotatable bonds is 8. The number of ether oxygens (including phenoxy) is 1. The molecule has 1 saturated carbocycles. The molecule has 1 N–H and O–H groups in total. The van der Waals surface area contributed by atoms with Crippen molar-refractivity contribution in [2.24, 2.45) is 5.10 Å². The molecule has 11 heteroatoms. The van der Waals surface area contributed by atoms with E-state index in [1.807, 2.05) is 6.07 Å². The van der Waals surface area contributed by atoms with Gasteiger partial charge >= 0.3 is 5.69 Å². The van der Waals surface area contributed by atoms with E-state index in [9.17, 15) is 24.1 Å². The standard InChI is InChI=1S/C29H26FN5O5/c30-21-11-13-22(14-12-21)32-27(36)18-40-26-15-10-19(16-25(26)35(38)39)17-31-34-28(20-6-2-1-3-7-20)33-24-9-5-4-8-23(24)29(34)37/h4-5,8-17,20H,1-3,6-7,18H2,(H,32,36). The predicted molar refractivity (Wildman–Crippen MR) is 148 cm³/mol. The Kier molecular flexibility index (Phi) is 7.90. The minimum absolute atomic E-state index is 0.0920. The van der Waals surface area contributed by atoms with Crippen LogP contribution in [0.2, 0.25) is 0 Å². The summed E-state index contributed by atoms with van der Waals surface area (Å²) in [4.78, 5) is 41.5. The summed E-state index contributed by atoms with van der Waals surface area (Å²) in [5.74, 6) is -0.440. The monoisotopic (exact) mass is 543 g/mol. The summed E-state index contributed by atoms with van der Waals surface area (Å²) in [6.07, 6.45) is 6.43. The number of amides is 1. The van der Waals surface area contributed by atoms with Gasteiger partial charge in [-0.1, -0.05) is 31.4 Å². The highest BCUT2D eigenvalue weighted by atomic mass is 19.1. The van der Waals surface area contributed by atoms with Gasteiger partial charge in [0.05, 0.1) is 22.0 Å². The molecule has 1 amide bonds. The summed E-state index contributed by atoms with van der Waals surface area (Å²) in [7, 11) is 0. The molecule has 1 aliphatic rings. The van der Waals surface area contributed by atoms with E-state index < -0.39 is 23.3 Å². The molecule has 10 nitrogen and oxygen atoms in total. The third-order valence-corrected chi connectivity index (χ3v) is 6.74. The first-order chi connectivity index (χ1) is 19.4. The Labute approximate surface area is 228 Å². The fourth-order valence-electron chi connectivity index (χ4n) is 4.75. The van der Waals surface area contributed by atoms with E-state index in [1.54, 1.807) is 24.3 Å². The lowest BCUT2D eigenvalue weighted by molar-refractivity contribution is -0.385. The molecule has 0 unspecified atom stereocenters. The number of anilines is 1. The van der Waals surface area contributed by atoms with Crippen LogP contribution < -0.4 is 15.6 Å². The molecule has 0 spiro atoms. The number of hydrogen-bond acceptors (Lipinski definition) is 7. The number of carbonyl (C=O) groups excluding carboxylic acids is 1. The molecular formula is C29H26FN5O5. The number of nitrogens with zero attached hydrogens (tertiary/aromatic N) is 4. The minimum Gasteiger partial charge on any atom is -0.477 e. The van der Waals surface area contributed by atoms with Crippen LogP contribution in [0.25, 0.3) is 10.9 Å². The minimum atomic E-state index is -0.623. The predicted octanol–water partition coefficient (Wildman–Crippen LogP) is 5.39. The zero-order chi connectivity index (χ0) is 28.1. The molecule has 0 bridgehead atoms. The van der Waals surface area contributed by atoms with Crippen molar-refractivity contribution in [3.63, 3.8) is 0 Å². The van der Waals surface area contributed by atoms with Crippen LogP contribution in [0.5, 0.6) is 5.75 Å². The normalized spacial score (nSPS) is 13.9. The zero-order valence-electron chi connectivity index (χ0n) is 21.5. The van der Waals surface area contributed by atoms with Crippen LogP contribution in [0.15, 0.2) is 76.6 Å². The number of nitrogens with one attached hydrogen (secondary N) is 1. The van der Waals surface area contributed by atoms with Crippen LogP contribution >= 0.6 is 0 Å². The Hall–Kier alpha value is -4.93. The number of fused-ring (bicyclic) bond motifs is 1. The van der Waals surface area contributed by atoms with Gasteiger partial charge in [0, 0.05) is 23.2 Å². The number of benzene rings is 3. The second-order valence-electron chi connectivity index (χ2n) is 9.51. The summed E-state index contributed by atoms with van der Waals surface area (Å²) in [5.41, 5.74) is 0.672. The maximum absolute atomic E-state index is 13.4. The molecule has 40 heavy (non-hydrogen) atoms. The molecule has 3 aromatic carbocycles. The maximum Gasteiger partial charge on any atom is 0.311 e. The van der Waals surface area contributed by atoms with E-state index >= 15 is 0 Å². The Morgan fingerprint density at radius 2 is 1.88 bits per heavy atom. The van der Waals surface area contributed by atoms with Crippen LogP contribution in [0.3, 0.4) is 0 Å². The van der Waals surface area contributed by atoms with Gasteiger partial charge in [-0.2, -0.15) is 9.78 Å². The molecule has 5 rings (SSSR count). The molecule has 1 aromatic heterocycles. The Morgan fingerprint density at radius 3 is 2.62 bits per heavy atom. The molecule has 1 aliphatic carbocycles. The molecular weight excluding hydrogens is 517 g/mol. The van der Waals surface area contributed by atoms with Crippen LogP contribution in [-0.4, -0.2) is 33.3 Å². The fourth-order valence-corrected chi connectivity index (χ4v) is 4.75. The van der Waals surface area contributed by atoms with Crippen LogP contribution in [-0.2, 0) is 4.79 Å². The van der Waals surface area contributed by atoms with Gasteiger partial charge in [0.25, 0.3) is 11.5 Å². The van der Waals surface area contributed by atoms with Crippen LogP contribution in [0.1, 0.15) is 49.4 Å². The summed E-state index contributed by atoms with van der Waals surface area (Å²) in [6.45, 7) is -0.492. The van der Waals surface area contributed by atoms with Crippen LogP contribution in [0.4, 0.5) is 15.8 Å². The first kappa shape index (κ1) is 26.7. The lowest BCUT2D eigenvalue weighted by atomic mass is 9.88. The molecule has 0 aliphatic heterocycles. The van der Waals surface area contributed by atoms with E-state index in [4.69, 9.17) is 9.72 Å². The van der Waals surface area contributed by atoms with Crippen molar-refractivity contribution in [1.29, 1.82) is 0 Å². The van der Waals surface area contributed by atoms with Crippen molar-refractivity contribution in [2.45, 2.75) is 38.0 Å². The van der Waals surface area contributed by atoms with E-state index in [0.29, 0.717) is 28.0 Å². The van der Waals surface area contributed by atoms with Crippen LogP contribution in [0, 0.1) is 15.9 Å². The Bertz CT molecular complexity index is 1650. The van der Waals surface area contributed by atoms with Crippen molar-refractivity contribution in [1.82, 2.24) is 9.66 Å². The van der Waals surface area contributed by atoms with Gasteiger partial charge in [0.1, 0.15) is 11.6 Å². The molecule has 0 atom stereocenters. The Morgan fingerprint density at radius 1 is 1.12 bits per heavy atom. The highest BCUT2D eigenvalue weighted by molar-refractivity contribution is 5.92. The fraction of sp³-hybridized carbons (Fsp3) is 0.241. The lowest BCUT2D eigenvalue weighted by Gasteiger charge is -2.22. The third-order valence-electron chi connectivity index (χ3n) is 6.74. The second-order valence-corrected chi connectivity index (χ2v) is 9.51. The number of halogens is 1. The topological polar surface area (TPSA) is 129 Å². The largest absolute Gasteiger partial charge is 0.477 e. The molecule has 1 fully saturated rings. The maximum atomic E-state index is 13.4. The third kappa shape index (κ3) is 6.04. The SMILES string of the molecule is O=C(COc1ccc(C=Nn2c(C3CCCCC3)nc3ccccc3c2=O)cc1[N+](=O)[O-])Nc1ccc(F)cc1. The second kappa shape index (κ2) is 11.9. The Balaban J connectivity index is 1.39. The summed E-state index contributed by atoms with van der Waals surface area (Å²) in [6, 6.07) is 16.4. The number of carbonyl (C=O) groups is 1. The molecule has 0 radical (unpaired) electrons. The van der Waals surface area contributed by atoms with Crippen molar-refractivity contribution in [3.8, 4) is 5.75 Å². The van der Waals surface area contributed by atoms with Crippen molar-refractivity contribution in [2.75, 3.05) is 11.9 Å². The summed E-state index contributed by atoms with van der Waals surface area (Å²) in [5, 5.41) is 19.1. The van der Waals surface area contributed by atoms with Gasteiger partial charge < -0.3 is 10.1 Å². The lowest BCUT2D eigenvalue weighted by Crippen LogP contribution is -2.25. The first-order valence-corrected chi connectivity index (χ1v) is 12.9. The molecule has 0 saturated heterocycles. The van der Waals surface area contributed by atoms with Gasteiger partial charge in [0.15, 0.2) is 12.4 Å². The molecule has 1 heterocycles. The highest BCUT2D eigenvalue weighted by Crippen LogP contribution is 2.32. The summed E-state index contributed by atoms with van der Waals surface area (Å²) < 4.78 is 19.8. The van der Waals surface area contributed by atoms with E-state index in [0.717, 1.165) is 32.1 Å². The van der Waals surface area contributed by atoms with Crippen molar-refractivity contribution >= 4 is 34.4 Å². The van der Waals surface area contributed by atoms with E-state index in [-0.39, 0.29) is 22.9 Å². The average Bonchev–Trinajstić information content (AvgIpc) is 2.97. The molecule has 4 aromatic rings. The van der Waals surface area contributed by atoms with Crippen molar-refractivity contribution < 1.29 is 18.8 Å². The van der Waals surface area contributed by atoms with Crippen molar-refractivity contribution in [3.05, 3.63) is 104 Å². The van der Waals surface area contributed by atoms with Gasteiger partial charge in [0.2, 0.25) is 0 Å². The first-order valence-electron chi connectivity index (χ1n) is 12.9. The highest BCUT2D eigenvalue weighted by Gasteiger charge is 2.23. The van der Waals surface area contributed by atoms with E-state index in [2.05, 4.69) is 10.4 Å². The zero-order valence-corrected chi connectivity index (χ0v) is 21.5. The van der Waals surface area contributed by atoms with Gasteiger partial charge in [-0.3, -0.25) is 19.7 Å². The number of hydrogen-bond donors (Lipinski definition) is 1. The number of nitro benzene ring substituents is 1. The van der Waals surface area contributed by atoms with E-state index in [1.165, 1.54) is 47.3 Å². The average molecular weight is 544 g/mol. The van der Waals surface area contributed by atoms with Gasteiger partial charge in [-0.15, -0.1) is 0 Å². The van der Waals surface area contributed by atoms with Gasteiger partial charge in [-0.05, 0) is 61.4 Å². The number of para-hydroxylation sites is 1. The molecule has 204 valence electrons. The summed E-state index contributed by atoms with van der Waals surface area (Å²) >= 11 is 0. The number of nitro groups is 1. The van der Waals surface area contributed by atoms with Gasteiger partial charge in [-0.25, -0.2) is 9.37 Å². The quantitative estimate of drug-likeness (QED) is 0.180. The smallest absolute Gasteiger partial charge is 0.311 e. The number of aromatic nitrogens is 2.